The third kappa shape index (κ3) is 4.48. The molecule has 136 valence electrons. The number of rotatable bonds is 7. The highest BCUT2D eigenvalue weighted by molar-refractivity contribution is 5.76. The van der Waals surface area contributed by atoms with Crippen molar-refractivity contribution in [2.24, 2.45) is 0 Å². The minimum atomic E-state index is -0.867. The van der Waals surface area contributed by atoms with Crippen molar-refractivity contribution < 1.29 is 18.1 Å². The Bertz CT molecular complexity index is 679. The fraction of sp³-hybridized carbons (Fsp3) is 0.556. The first-order valence-electron chi connectivity index (χ1n) is 8.60. The van der Waals surface area contributed by atoms with E-state index in [1.807, 2.05) is 19.9 Å². The predicted octanol–water partition coefficient (Wildman–Crippen LogP) is 2.55. The maximum absolute atomic E-state index is 13.9. The number of aromatic nitrogens is 1. The summed E-state index contributed by atoms with van der Waals surface area (Å²) in [5.74, 6) is 0.739. The number of furan rings is 1. The molecule has 25 heavy (non-hydrogen) atoms. The van der Waals surface area contributed by atoms with Crippen LogP contribution < -0.4 is 5.32 Å². The monoisotopic (exact) mass is 349 g/mol. The Hall–Kier alpha value is -2.15. The van der Waals surface area contributed by atoms with E-state index in [-0.39, 0.29) is 11.9 Å². The van der Waals surface area contributed by atoms with Crippen LogP contribution in [0.5, 0.6) is 0 Å². The molecule has 0 aliphatic carbocycles. The lowest BCUT2D eigenvalue weighted by Crippen LogP contribution is -2.40. The van der Waals surface area contributed by atoms with Crippen LogP contribution >= 0.6 is 0 Å². The van der Waals surface area contributed by atoms with E-state index >= 15 is 0 Å². The van der Waals surface area contributed by atoms with Gasteiger partial charge in [0.1, 0.15) is 11.9 Å². The third-order valence-electron chi connectivity index (χ3n) is 4.77. The van der Waals surface area contributed by atoms with E-state index < -0.39 is 6.17 Å². The van der Waals surface area contributed by atoms with Gasteiger partial charge in [0.2, 0.25) is 5.91 Å². The first-order chi connectivity index (χ1) is 12.0. The molecule has 1 fully saturated rings. The van der Waals surface area contributed by atoms with Crippen molar-refractivity contribution in [3.8, 4) is 0 Å². The van der Waals surface area contributed by atoms with Crippen molar-refractivity contribution in [2.75, 3.05) is 13.1 Å². The average Bonchev–Trinajstić information content (AvgIpc) is 3.29. The van der Waals surface area contributed by atoms with Crippen molar-refractivity contribution >= 4 is 5.91 Å². The van der Waals surface area contributed by atoms with Crippen molar-refractivity contribution in [1.82, 2.24) is 15.4 Å². The van der Waals surface area contributed by atoms with Crippen molar-refractivity contribution in [2.45, 2.75) is 51.9 Å². The Balaban J connectivity index is 1.50. The molecule has 2 aromatic heterocycles. The first-order valence-corrected chi connectivity index (χ1v) is 8.60. The number of hydrogen-bond donors (Lipinski definition) is 1. The molecule has 0 spiro atoms. The number of likely N-dealkylation sites (tertiary alicyclic amines) is 1. The summed E-state index contributed by atoms with van der Waals surface area (Å²) in [6.07, 6.45) is 3.85. The summed E-state index contributed by atoms with van der Waals surface area (Å²) in [6.45, 7) is 5.18. The highest BCUT2D eigenvalue weighted by Crippen LogP contribution is 2.24. The molecule has 0 unspecified atom stereocenters. The fourth-order valence-electron chi connectivity index (χ4n) is 3.27. The number of carbonyl (C=O) groups is 1. The largest absolute Gasteiger partial charge is 0.472 e. The molecule has 1 saturated heterocycles. The van der Waals surface area contributed by atoms with Gasteiger partial charge in [0.25, 0.3) is 0 Å². The Labute approximate surface area is 146 Å². The van der Waals surface area contributed by atoms with Gasteiger partial charge in [0, 0.05) is 37.7 Å². The van der Waals surface area contributed by atoms with Crippen LogP contribution in [0.1, 0.15) is 35.4 Å². The number of alkyl halides is 1. The Morgan fingerprint density at radius 2 is 2.32 bits per heavy atom. The molecule has 2 aromatic rings. The molecule has 0 radical (unpaired) electrons. The topological polar surface area (TPSA) is 71.5 Å². The normalized spacial score (nSPS) is 20.9. The van der Waals surface area contributed by atoms with Crippen molar-refractivity contribution in [3.05, 3.63) is 41.2 Å². The predicted molar refractivity (Wildman–Crippen MR) is 89.7 cm³/mol. The molecule has 0 bridgehead atoms. The van der Waals surface area contributed by atoms with Gasteiger partial charge in [-0.1, -0.05) is 5.16 Å². The summed E-state index contributed by atoms with van der Waals surface area (Å²) in [5, 5.41) is 6.88. The van der Waals surface area contributed by atoms with Crippen LogP contribution in [0.15, 0.2) is 27.5 Å². The molecule has 3 heterocycles. The molecule has 1 amide bonds. The second-order valence-corrected chi connectivity index (χ2v) is 6.65. The molecule has 1 N–H and O–H groups in total. The standard InChI is InChI=1S/C18H24FN3O3/c1-12-17(13(2)25-21-12)10-22-9-15(19)7-16(22)8-20-18(23)4-3-14-5-6-24-11-14/h5-6,11,15-16H,3-4,7-10H2,1-2H3,(H,20,23)/t15-,16-/m0/s1. The minimum Gasteiger partial charge on any atom is -0.472 e. The lowest BCUT2D eigenvalue weighted by molar-refractivity contribution is -0.121. The van der Waals surface area contributed by atoms with Crippen LogP contribution in [0.25, 0.3) is 0 Å². The van der Waals surface area contributed by atoms with Gasteiger partial charge in [-0.15, -0.1) is 0 Å². The van der Waals surface area contributed by atoms with E-state index in [1.54, 1.807) is 12.5 Å². The van der Waals surface area contributed by atoms with E-state index in [0.29, 0.717) is 38.9 Å². The molecule has 2 atom stereocenters. The van der Waals surface area contributed by atoms with Crippen LogP contribution in [0, 0.1) is 13.8 Å². The van der Waals surface area contributed by atoms with Gasteiger partial charge in [0.05, 0.1) is 18.2 Å². The number of aryl methyl sites for hydroxylation is 3. The summed E-state index contributed by atoms with van der Waals surface area (Å²) < 4.78 is 24.1. The number of nitrogens with one attached hydrogen (secondary N) is 1. The number of hydrogen-bond acceptors (Lipinski definition) is 5. The van der Waals surface area contributed by atoms with Gasteiger partial charge in [-0.25, -0.2) is 4.39 Å². The van der Waals surface area contributed by atoms with Crippen LogP contribution in [-0.2, 0) is 17.8 Å². The van der Waals surface area contributed by atoms with E-state index in [0.717, 1.165) is 22.6 Å². The molecule has 6 nitrogen and oxygen atoms in total. The second-order valence-electron chi connectivity index (χ2n) is 6.65. The van der Waals surface area contributed by atoms with E-state index in [1.165, 1.54) is 0 Å². The van der Waals surface area contributed by atoms with Gasteiger partial charge in [-0.05, 0) is 38.3 Å². The minimum absolute atomic E-state index is 0.0124. The maximum atomic E-state index is 13.9. The molecular formula is C18H24FN3O3. The summed E-state index contributed by atoms with van der Waals surface area (Å²) >= 11 is 0. The highest BCUT2D eigenvalue weighted by Gasteiger charge is 2.33. The summed E-state index contributed by atoms with van der Waals surface area (Å²) in [7, 11) is 0. The molecule has 0 aromatic carbocycles. The lowest BCUT2D eigenvalue weighted by atomic mass is 10.1. The van der Waals surface area contributed by atoms with Crippen LogP contribution in [-0.4, -0.2) is 41.3 Å². The first kappa shape index (κ1) is 17.7. The van der Waals surface area contributed by atoms with Crippen molar-refractivity contribution in [3.63, 3.8) is 0 Å². The van der Waals surface area contributed by atoms with E-state index in [9.17, 15) is 9.18 Å². The van der Waals surface area contributed by atoms with Crippen molar-refractivity contribution in [1.29, 1.82) is 0 Å². The van der Waals surface area contributed by atoms with Gasteiger partial charge in [-0.3, -0.25) is 9.69 Å². The van der Waals surface area contributed by atoms with Gasteiger partial charge >= 0.3 is 0 Å². The maximum Gasteiger partial charge on any atom is 0.220 e. The quantitative estimate of drug-likeness (QED) is 0.832. The van der Waals surface area contributed by atoms with E-state index in [4.69, 9.17) is 8.94 Å². The number of amides is 1. The number of carbonyl (C=O) groups excluding carboxylic acids is 1. The Kier molecular flexibility index (Phi) is 5.53. The Morgan fingerprint density at radius 3 is 3.00 bits per heavy atom. The van der Waals surface area contributed by atoms with Crippen LogP contribution in [0.2, 0.25) is 0 Å². The average molecular weight is 349 g/mol. The van der Waals surface area contributed by atoms with Crippen LogP contribution in [0.3, 0.4) is 0 Å². The van der Waals surface area contributed by atoms with E-state index in [2.05, 4.69) is 15.4 Å². The van der Waals surface area contributed by atoms with Gasteiger partial charge < -0.3 is 14.3 Å². The van der Waals surface area contributed by atoms with Gasteiger partial charge in [0.15, 0.2) is 0 Å². The Morgan fingerprint density at radius 1 is 1.48 bits per heavy atom. The smallest absolute Gasteiger partial charge is 0.220 e. The number of halogens is 1. The SMILES string of the molecule is Cc1noc(C)c1CN1C[C@@H](F)C[C@H]1CNC(=O)CCc1ccoc1. The zero-order valence-electron chi connectivity index (χ0n) is 14.6. The summed E-state index contributed by atoms with van der Waals surface area (Å²) in [6, 6.07) is 1.84. The molecule has 7 heteroatoms. The number of nitrogens with zero attached hydrogens (tertiary/aromatic N) is 2. The lowest BCUT2D eigenvalue weighted by Gasteiger charge is -2.24. The van der Waals surface area contributed by atoms with Gasteiger partial charge in [-0.2, -0.15) is 0 Å². The summed E-state index contributed by atoms with van der Waals surface area (Å²) in [5.41, 5.74) is 2.84. The highest BCUT2D eigenvalue weighted by atomic mass is 19.1. The van der Waals surface area contributed by atoms with Crippen LogP contribution in [0.4, 0.5) is 4.39 Å². The fourth-order valence-corrected chi connectivity index (χ4v) is 3.27. The zero-order chi connectivity index (χ0) is 17.8. The molecule has 0 saturated carbocycles. The summed E-state index contributed by atoms with van der Waals surface area (Å²) in [4.78, 5) is 14.1. The second kappa shape index (κ2) is 7.82. The third-order valence-corrected chi connectivity index (χ3v) is 4.77. The molecule has 1 aliphatic rings. The molecule has 3 rings (SSSR count). The zero-order valence-corrected chi connectivity index (χ0v) is 14.6. The molecular weight excluding hydrogens is 325 g/mol. The molecule has 1 aliphatic heterocycles.